The van der Waals surface area contributed by atoms with E-state index in [0.717, 1.165) is 5.76 Å². The van der Waals surface area contributed by atoms with E-state index in [4.69, 9.17) is 32.4 Å². The molecule has 0 radical (unpaired) electrons. The highest BCUT2D eigenvalue weighted by Crippen LogP contribution is 2.37. The Morgan fingerprint density at radius 3 is 2.40 bits per heavy atom. The molecule has 20 heavy (non-hydrogen) atoms. The summed E-state index contributed by atoms with van der Waals surface area (Å²) < 4.78 is 10.8. The molecule has 1 aromatic heterocycles. The summed E-state index contributed by atoms with van der Waals surface area (Å²) in [7, 11) is 0. The zero-order valence-corrected chi connectivity index (χ0v) is 13.0. The van der Waals surface area contributed by atoms with E-state index in [9.17, 15) is 5.11 Å². The normalized spacial score (nSPS) is 12.5. The molecule has 1 heterocycles. The van der Waals surface area contributed by atoms with Gasteiger partial charge in [-0.2, -0.15) is 0 Å². The molecule has 2 aromatic rings. The lowest BCUT2D eigenvalue weighted by molar-refractivity contribution is 0.218. The smallest absolute Gasteiger partial charge is 0.139 e. The van der Waals surface area contributed by atoms with Gasteiger partial charge in [0, 0.05) is 17.2 Å². The van der Waals surface area contributed by atoms with Crippen LogP contribution in [0.4, 0.5) is 0 Å². The predicted molar refractivity (Wildman–Crippen MR) is 79.9 cm³/mol. The largest absolute Gasteiger partial charge is 0.492 e. The van der Waals surface area contributed by atoms with Crippen LogP contribution in [0.25, 0.3) is 0 Å². The Morgan fingerprint density at radius 1 is 1.15 bits per heavy atom. The van der Waals surface area contributed by atoms with Gasteiger partial charge in [-0.25, -0.2) is 0 Å². The van der Waals surface area contributed by atoms with E-state index >= 15 is 0 Å². The Hall–Kier alpha value is -1.16. The van der Waals surface area contributed by atoms with Crippen molar-refractivity contribution in [3.63, 3.8) is 0 Å². The molecule has 0 saturated heterocycles. The van der Waals surface area contributed by atoms with Crippen molar-refractivity contribution >= 4 is 23.2 Å². The molecule has 0 fully saturated rings. The van der Waals surface area contributed by atoms with Crippen molar-refractivity contribution in [1.82, 2.24) is 0 Å². The van der Waals surface area contributed by atoms with Crippen LogP contribution in [-0.2, 0) is 0 Å². The zero-order chi connectivity index (χ0) is 14.9. The molecule has 0 aliphatic heterocycles. The number of rotatable bonds is 4. The second-order valence-corrected chi connectivity index (χ2v) is 5.32. The molecule has 1 N–H and O–H groups in total. The fourth-order valence-electron chi connectivity index (χ4n) is 2.11. The molecule has 0 spiro atoms. The maximum Gasteiger partial charge on any atom is 0.139 e. The zero-order valence-electron chi connectivity index (χ0n) is 11.5. The van der Waals surface area contributed by atoms with Gasteiger partial charge in [-0.1, -0.05) is 23.2 Å². The molecule has 1 aromatic carbocycles. The summed E-state index contributed by atoms with van der Waals surface area (Å²) in [6.45, 7) is 5.99. The third kappa shape index (κ3) is 2.95. The first-order valence-corrected chi connectivity index (χ1v) is 7.06. The average molecular weight is 315 g/mol. The summed E-state index contributed by atoms with van der Waals surface area (Å²) in [5.41, 5.74) is 1.22. The van der Waals surface area contributed by atoms with Gasteiger partial charge in [0.25, 0.3) is 0 Å². The van der Waals surface area contributed by atoms with Gasteiger partial charge in [0.05, 0.1) is 16.7 Å². The summed E-state index contributed by atoms with van der Waals surface area (Å²) in [5.74, 6) is 1.91. The fourth-order valence-corrected chi connectivity index (χ4v) is 2.59. The molecule has 3 nitrogen and oxygen atoms in total. The van der Waals surface area contributed by atoms with Gasteiger partial charge in [0.1, 0.15) is 23.4 Å². The van der Waals surface area contributed by atoms with Crippen molar-refractivity contribution in [3.8, 4) is 5.75 Å². The van der Waals surface area contributed by atoms with Crippen molar-refractivity contribution in [2.45, 2.75) is 26.9 Å². The van der Waals surface area contributed by atoms with E-state index in [1.54, 1.807) is 25.1 Å². The topological polar surface area (TPSA) is 42.6 Å². The molecule has 1 unspecified atom stereocenters. The van der Waals surface area contributed by atoms with Crippen molar-refractivity contribution < 1.29 is 14.3 Å². The van der Waals surface area contributed by atoms with Crippen LogP contribution in [-0.4, -0.2) is 11.7 Å². The van der Waals surface area contributed by atoms with Crippen LogP contribution in [0.5, 0.6) is 5.75 Å². The van der Waals surface area contributed by atoms with Crippen molar-refractivity contribution in [1.29, 1.82) is 0 Å². The molecule has 0 aliphatic carbocycles. The number of ether oxygens (including phenoxy) is 1. The fraction of sp³-hybridized carbons (Fsp3) is 0.333. The Balaban J connectivity index is 2.42. The van der Waals surface area contributed by atoms with Crippen molar-refractivity contribution in [3.05, 3.63) is 50.9 Å². The predicted octanol–water partition coefficient (Wildman–Crippen LogP) is 4.68. The number of furan rings is 1. The van der Waals surface area contributed by atoms with Gasteiger partial charge in [-0.3, -0.25) is 0 Å². The van der Waals surface area contributed by atoms with E-state index < -0.39 is 6.10 Å². The van der Waals surface area contributed by atoms with Crippen LogP contribution in [0.1, 0.15) is 35.7 Å². The number of aliphatic hydroxyl groups is 1. The van der Waals surface area contributed by atoms with E-state index in [1.807, 2.05) is 13.8 Å². The molecule has 0 saturated carbocycles. The third-order valence-corrected chi connectivity index (χ3v) is 3.64. The Labute approximate surface area is 128 Å². The lowest BCUT2D eigenvalue weighted by atomic mass is 10.0. The number of hydrogen-bond donors (Lipinski definition) is 1. The molecule has 0 amide bonds. The Kier molecular flexibility index (Phi) is 4.63. The standard InChI is InChI=1S/C15H16Cl2O3/c1-4-19-14-7-12(16)11(6-13(14)17)15(18)10-5-8(2)20-9(10)3/h5-7,15,18H,4H2,1-3H3. The van der Waals surface area contributed by atoms with Gasteiger partial charge in [0.2, 0.25) is 0 Å². The van der Waals surface area contributed by atoms with Crippen LogP contribution in [0.2, 0.25) is 10.0 Å². The van der Waals surface area contributed by atoms with Crippen LogP contribution >= 0.6 is 23.2 Å². The maximum absolute atomic E-state index is 10.5. The quantitative estimate of drug-likeness (QED) is 0.890. The molecule has 5 heteroatoms. The lowest BCUT2D eigenvalue weighted by Crippen LogP contribution is -2.02. The average Bonchev–Trinajstić information content (AvgIpc) is 2.72. The minimum Gasteiger partial charge on any atom is -0.492 e. The Bertz CT molecular complexity index is 620. The monoisotopic (exact) mass is 314 g/mol. The summed E-state index contributed by atoms with van der Waals surface area (Å²) >= 11 is 12.4. The Morgan fingerprint density at radius 2 is 1.85 bits per heavy atom. The minimum atomic E-state index is -0.881. The number of aryl methyl sites for hydroxylation is 2. The summed E-state index contributed by atoms with van der Waals surface area (Å²) in [5, 5.41) is 11.3. The van der Waals surface area contributed by atoms with E-state index in [2.05, 4.69) is 0 Å². The molecular weight excluding hydrogens is 299 g/mol. The van der Waals surface area contributed by atoms with Crippen LogP contribution in [0, 0.1) is 13.8 Å². The molecule has 0 bridgehead atoms. The van der Waals surface area contributed by atoms with E-state index in [0.29, 0.717) is 39.3 Å². The number of benzene rings is 1. The van der Waals surface area contributed by atoms with Crippen molar-refractivity contribution in [2.24, 2.45) is 0 Å². The van der Waals surface area contributed by atoms with Gasteiger partial charge in [-0.05, 0) is 32.9 Å². The van der Waals surface area contributed by atoms with E-state index in [1.165, 1.54) is 0 Å². The molecular formula is C15H16Cl2O3. The summed E-state index contributed by atoms with van der Waals surface area (Å²) in [4.78, 5) is 0. The van der Waals surface area contributed by atoms with Gasteiger partial charge in [-0.15, -0.1) is 0 Å². The molecule has 108 valence electrons. The van der Waals surface area contributed by atoms with Crippen LogP contribution < -0.4 is 4.74 Å². The summed E-state index contributed by atoms with van der Waals surface area (Å²) in [6, 6.07) is 5.04. The lowest BCUT2D eigenvalue weighted by Gasteiger charge is -2.15. The second kappa shape index (κ2) is 6.08. The van der Waals surface area contributed by atoms with E-state index in [-0.39, 0.29) is 0 Å². The minimum absolute atomic E-state index is 0.406. The third-order valence-electron chi connectivity index (χ3n) is 3.02. The number of hydrogen-bond acceptors (Lipinski definition) is 3. The summed E-state index contributed by atoms with van der Waals surface area (Å²) in [6.07, 6.45) is -0.881. The van der Waals surface area contributed by atoms with Crippen LogP contribution in [0.3, 0.4) is 0 Å². The highest BCUT2D eigenvalue weighted by atomic mass is 35.5. The van der Waals surface area contributed by atoms with Crippen molar-refractivity contribution in [2.75, 3.05) is 6.61 Å². The maximum atomic E-state index is 10.5. The highest BCUT2D eigenvalue weighted by Gasteiger charge is 2.20. The first kappa shape index (κ1) is 15.2. The van der Waals surface area contributed by atoms with Crippen LogP contribution in [0.15, 0.2) is 22.6 Å². The number of halogens is 2. The van der Waals surface area contributed by atoms with Gasteiger partial charge < -0.3 is 14.3 Å². The first-order valence-electron chi connectivity index (χ1n) is 6.30. The van der Waals surface area contributed by atoms with Gasteiger partial charge in [0.15, 0.2) is 0 Å². The highest BCUT2D eigenvalue weighted by molar-refractivity contribution is 6.34. The molecule has 1 atom stereocenters. The number of aliphatic hydroxyl groups excluding tert-OH is 1. The molecule has 2 rings (SSSR count). The molecule has 0 aliphatic rings. The second-order valence-electron chi connectivity index (χ2n) is 4.51. The first-order chi connectivity index (χ1) is 9.43. The van der Waals surface area contributed by atoms with Gasteiger partial charge >= 0.3 is 0 Å². The SMILES string of the molecule is CCOc1cc(Cl)c(C(O)c2cc(C)oc2C)cc1Cl.